The van der Waals surface area contributed by atoms with Crippen molar-refractivity contribution in [1.29, 1.82) is 0 Å². The summed E-state index contributed by atoms with van der Waals surface area (Å²) in [7, 11) is 0. The second-order valence-corrected chi connectivity index (χ2v) is 4.45. The maximum absolute atomic E-state index is 11.6. The van der Waals surface area contributed by atoms with Crippen LogP contribution in [-0.4, -0.2) is 17.5 Å². The summed E-state index contributed by atoms with van der Waals surface area (Å²) in [4.78, 5) is 11.6. The summed E-state index contributed by atoms with van der Waals surface area (Å²) in [6, 6.07) is 0. The lowest BCUT2D eigenvalue weighted by Gasteiger charge is -2.23. The summed E-state index contributed by atoms with van der Waals surface area (Å²) in [5, 5.41) is 0. The highest BCUT2D eigenvalue weighted by Crippen LogP contribution is 2.52. The Kier molecular flexibility index (Phi) is 1.59. The molecule has 0 amide bonds. The van der Waals surface area contributed by atoms with E-state index < -0.39 is 0 Å². The number of ether oxygens (including phenoxy) is 1. The van der Waals surface area contributed by atoms with Gasteiger partial charge in [0.15, 0.2) is 5.78 Å². The average Bonchev–Trinajstić information content (AvgIpc) is 2.74. The van der Waals surface area contributed by atoms with Crippen molar-refractivity contribution in [2.45, 2.75) is 45.3 Å². The standard InChI is InChI=1S/C10H16O2/c1-6(2)10-5-4-7(3)8(11)9(10)12-10/h6-7,9H,4-5H2,1-3H3/t7?,9-,10-/m0/s1. The lowest BCUT2D eigenvalue weighted by Crippen LogP contribution is -2.35. The molecule has 2 rings (SSSR count). The Morgan fingerprint density at radius 3 is 2.83 bits per heavy atom. The highest BCUT2D eigenvalue weighted by molar-refractivity contribution is 5.89. The van der Waals surface area contributed by atoms with Crippen LogP contribution in [0.3, 0.4) is 0 Å². The van der Waals surface area contributed by atoms with Crippen LogP contribution in [0.15, 0.2) is 0 Å². The molecule has 12 heavy (non-hydrogen) atoms. The van der Waals surface area contributed by atoms with Crippen LogP contribution in [0, 0.1) is 11.8 Å². The van der Waals surface area contributed by atoms with Gasteiger partial charge in [-0.05, 0) is 18.8 Å². The van der Waals surface area contributed by atoms with E-state index in [0.717, 1.165) is 12.8 Å². The Morgan fingerprint density at radius 1 is 1.58 bits per heavy atom. The third kappa shape index (κ3) is 0.875. The first-order chi connectivity index (χ1) is 5.58. The molecule has 0 radical (unpaired) electrons. The maximum atomic E-state index is 11.6. The number of hydrogen-bond acceptors (Lipinski definition) is 2. The molecule has 2 heteroatoms. The monoisotopic (exact) mass is 168 g/mol. The Labute approximate surface area is 73.3 Å². The maximum Gasteiger partial charge on any atom is 0.167 e. The van der Waals surface area contributed by atoms with E-state index >= 15 is 0 Å². The summed E-state index contributed by atoms with van der Waals surface area (Å²) >= 11 is 0. The summed E-state index contributed by atoms with van der Waals surface area (Å²) in [5.41, 5.74) is -0.0520. The molecule has 0 aromatic rings. The molecule has 1 aliphatic heterocycles. The zero-order valence-electron chi connectivity index (χ0n) is 7.96. The van der Waals surface area contributed by atoms with Crippen molar-refractivity contribution >= 4 is 5.78 Å². The average molecular weight is 168 g/mol. The summed E-state index contributed by atoms with van der Waals surface area (Å²) in [6.45, 7) is 6.29. The van der Waals surface area contributed by atoms with E-state index in [1.807, 2.05) is 6.92 Å². The Bertz CT molecular complexity index is 222. The fourth-order valence-corrected chi connectivity index (χ4v) is 2.24. The number of Topliss-reactive ketones (excluding diaryl/α,β-unsaturated/α-hetero) is 1. The zero-order chi connectivity index (χ0) is 8.93. The first kappa shape index (κ1) is 8.24. The lowest BCUT2D eigenvalue weighted by atomic mass is 9.77. The largest absolute Gasteiger partial charge is 0.357 e. The number of epoxide rings is 1. The molecule has 1 aliphatic carbocycles. The second-order valence-electron chi connectivity index (χ2n) is 4.45. The van der Waals surface area contributed by atoms with E-state index in [4.69, 9.17) is 4.74 Å². The molecule has 1 saturated carbocycles. The summed E-state index contributed by atoms with van der Waals surface area (Å²) < 4.78 is 5.56. The van der Waals surface area contributed by atoms with Crippen LogP contribution in [-0.2, 0) is 9.53 Å². The van der Waals surface area contributed by atoms with Crippen molar-refractivity contribution < 1.29 is 9.53 Å². The van der Waals surface area contributed by atoms with Gasteiger partial charge in [0.2, 0.25) is 0 Å². The fraction of sp³-hybridized carbons (Fsp3) is 0.900. The van der Waals surface area contributed by atoms with Crippen molar-refractivity contribution in [3.8, 4) is 0 Å². The van der Waals surface area contributed by atoms with Gasteiger partial charge in [0.05, 0.1) is 0 Å². The van der Waals surface area contributed by atoms with Gasteiger partial charge >= 0.3 is 0 Å². The molecular weight excluding hydrogens is 152 g/mol. The molecule has 0 aromatic heterocycles. The minimum atomic E-state index is -0.0544. The van der Waals surface area contributed by atoms with Gasteiger partial charge in [0.1, 0.15) is 11.7 Å². The molecule has 1 unspecified atom stereocenters. The highest BCUT2D eigenvalue weighted by atomic mass is 16.6. The van der Waals surface area contributed by atoms with Gasteiger partial charge < -0.3 is 4.74 Å². The smallest absolute Gasteiger partial charge is 0.167 e. The number of hydrogen-bond donors (Lipinski definition) is 0. The van der Waals surface area contributed by atoms with Gasteiger partial charge in [-0.15, -0.1) is 0 Å². The van der Waals surface area contributed by atoms with Crippen LogP contribution in [0.2, 0.25) is 0 Å². The third-order valence-electron chi connectivity index (χ3n) is 3.41. The van der Waals surface area contributed by atoms with Crippen LogP contribution in [0.25, 0.3) is 0 Å². The van der Waals surface area contributed by atoms with Crippen LogP contribution in [0.4, 0.5) is 0 Å². The number of ketones is 1. The lowest BCUT2D eigenvalue weighted by molar-refractivity contribution is -0.124. The minimum Gasteiger partial charge on any atom is -0.357 e. The van der Waals surface area contributed by atoms with Gasteiger partial charge in [-0.25, -0.2) is 0 Å². The molecule has 0 N–H and O–H groups in total. The van der Waals surface area contributed by atoms with Gasteiger partial charge in [-0.2, -0.15) is 0 Å². The van der Waals surface area contributed by atoms with E-state index in [-0.39, 0.29) is 17.6 Å². The number of fused-ring (bicyclic) bond motifs is 1. The topological polar surface area (TPSA) is 29.6 Å². The number of rotatable bonds is 1. The van der Waals surface area contributed by atoms with Crippen molar-refractivity contribution in [3.05, 3.63) is 0 Å². The molecule has 0 aromatic carbocycles. The fourth-order valence-electron chi connectivity index (χ4n) is 2.24. The first-order valence-corrected chi connectivity index (χ1v) is 4.79. The minimum absolute atomic E-state index is 0.0520. The Balaban J connectivity index is 2.15. The molecule has 1 heterocycles. The predicted octanol–water partition coefficient (Wildman–Crippen LogP) is 1.78. The SMILES string of the molecule is CC1CC[C@@]2(C(C)C)O[C@H]2C1=O. The van der Waals surface area contributed by atoms with Crippen LogP contribution in [0.1, 0.15) is 33.6 Å². The molecule has 1 saturated heterocycles. The van der Waals surface area contributed by atoms with Gasteiger partial charge in [-0.3, -0.25) is 4.79 Å². The molecule has 0 bridgehead atoms. The molecule has 2 aliphatic rings. The van der Waals surface area contributed by atoms with E-state index in [1.165, 1.54) is 0 Å². The third-order valence-corrected chi connectivity index (χ3v) is 3.41. The Hall–Kier alpha value is -0.370. The molecule has 2 fully saturated rings. The normalized spacial score (nSPS) is 46.2. The Morgan fingerprint density at radius 2 is 2.25 bits per heavy atom. The van der Waals surface area contributed by atoms with Gasteiger partial charge in [-0.1, -0.05) is 20.8 Å². The number of carbonyl (C=O) groups excluding carboxylic acids is 1. The molecule has 3 atom stereocenters. The van der Waals surface area contributed by atoms with E-state index in [1.54, 1.807) is 0 Å². The first-order valence-electron chi connectivity index (χ1n) is 4.79. The van der Waals surface area contributed by atoms with Crippen LogP contribution >= 0.6 is 0 Å². The second kappa shape index (κ2) is 2.32. The van der Waals surface area contributed by atoms with E-state index in [2.05, 4.69) is 13.8 Å². The quantitative estimate of drug-likeness (QED) is 0.558. The molecular formula is C10H16O2. The summed E-state index contributed by atoms with van der Waals surface area (Å²) in [5.74, 6) is 1.04. The van der Waals surface area contributed by atoms with Gasteiger partial charge in [0, 0.05) is 5.92 Å². The van der Waals surface area contributed by atoms with Crippen LogP contribution < -0.4 is 0 Å². The molecule has 68 valence electrons. The van der Waals surface area contributed by atoms with Gasteiger partial charge in [0.25, 0.3) is 0 Å². The van der Waals surface area contributed by atoms with E-state index in [9.17, 15) is 4.79 Å². The van der Waals surface area contributed by atoms with Crippen molar-refractivity contribution in [1.82, 2.24) is 0 Å². The van der Waals surface area contributed by atoms with Crippen molar-refractivity contribution in [2.24, 2.45) is 11.8 Å². The summed E-state index contributed by atoms with van der Waals surface area (Å²) in [6.07, 6.45) is 2.02. The van der Waals surface area contributed by atoms with Crippen LogP contribution in [0.5, 0.6) is 0 Å². The molecule has 0 spiro atoms. The predicted molar refractivity (Wildman–Crippen MR) is 45.8 cm³/mol. The van der Waals surface area contributed by atoms with E-state index in [0.29, 0.717) is 11.7 Å². The van der Waals surface area contributed by atoms with Crippen molar-refractivity contribution in [3.63, 3.8) is 0 Å². The highest BCUT2D eigenvalue weighted by Gasteiger charge is 2.64. The molecule has 2 nitrogen and oxygen atoms in total. The van der Waals surface area contributed by atoms with Crippen molar-refractivity contribution in [2.75, 3.05) is 0 Å². The zero-order valence-corrected chi connectivity index (χ0v) is 7.96. The number of carbonyl (C=O) groups is 1.